The Bertz CT molecular complexity index is 473. The molecule has 2 rings (SSSR count). The fourth-order valence-corrected chi connectivity index (χ4v) is 1.99. The van der Waals surface area contributed by atoms with Crippen molar-refractivity contribution in [1.82, 2.24) is 10.2 Å². The minimum absolute atomic E-state index is 0.0937. The molecule has 0 radical (unpaired) electrons. The molecule has 0 amide bonds. The molecule has 80 valence electrons. The normalized spacial score (nSPS) is 21.3. The Balaban J connectivity index is 2.60. The van der Waals surface area contributed by atoms with E-state index in [2.05, 4.69) is 29.1 Å². The summed E-state index contributed by atoms with van der Waals surface area (Å²) in [5, 5.41) is 10.2. The Labute approximate surface area is 87.4 Å². The fourth-order valence-electron chi connectivity index (χ4n) is 1.99. The Morgan fingerprint density at radius 2 is 2.27 bits per heavy atom. The third-order valence-corrected chi connectivity index (χ3v) is 2.65. The number of fused-ring (bicyclic) bond motifs is 1. The second-order valence-electron chi connectivity index (χ2n) is 4.69. The van der Waals surface area contributed by atoms with E-state index in [0.717, 1.165) is 29.8 Å². The topological polar surface area (TPSA) is 84.1 Å². The minimum atomic E-state index is -0.213. The van der Waals surface area contributed by atoms with Gasteiger partial charge in [0.1, 0.15) is 0 Å². The molecule has 1 aromatic heterocycles. The van der Waals surface area contributed by atoms with Crippen LogP contribution in [-0.2, 0) is 6.42 Å². The zero-order chi connectivity index (χ0) is 11.1. The molecule has 15 heavy (non-hydrogen) atoms. The van der Waals surface area contributed by atoms with Crippen molar-refractivity contribution in [3.8, 4) is 0 Å². The molecule has 0 spiro atoms. The van der Waals surface area contributed by atoms with Gasteiger partial charge in [-0.15, -0.1) is 0 Å². The Kier molecular flexibility index (Phi) is 2.10. The summed E-state index contributed by atoms with van der Waals surface area (Å²) in [6.45, 7) is 4.27. The van der Waals surface area contributed by atoms with Crippen LogP contribution in [0.2, 0.25) is 0 Å². The molecular formula is C10H14N4O. The lowest BCUT2D eigenvalue weighted by Crippen LogP contribution is -2.31. The summed E-state index contributed by atoms with van der Waals surface area (Å²) >= 11 is 0. The molecule has 0 fully saturated rings. The van der Waals surface area contributed by atoms with Crippen molar-refractivity contribution in [2.45, 2.75) is 26.7 Å². The minimum Gasteiger partial charge on any atom is -0.323 e. The van der Waals surface area contributed by atoms with Crippen LogP contribution < -0.4 is 11.4 Å². The maximum Gasteiger partial charge on any atom is 0.264 e. The van der Waals surface area contributed by atoms with Gasteiger partial charge in [0.15, 0.2) is 0 Å². The lowest BCUT2D eigenvalue weighted by molar-refractivity contribution is 0.365. The van der Waals surface area contributed by atoms with Crippen LogP contribution in [0, 0.1) is 5.41 Å². The number of H-pyrrole nitrogens is 1. The number of hydrogen-bond donors (Lipinski definition) is 2. The summed E-state index contributed by atoms with van der Waals surface area (Å²) in [6.07, 6.45) is 1.61. The zero-order valence-electron chi connectivity index (χ0n) is 8.87. The van der Waals surface area contributed by atoms with E-state index in [1.807, 2.05) is 0 Å². The van der Waals surface area contributed by atoms with Crippen molar-refractivity contribution < 1.29 is 0 Å². The van der Waals surface area contributed by atoms with E-state index in [1.165, 1.54) is 6.07 Å². The van der Waals surface area contributed by atoms with Gasteiger partial charge in [-0.1, -0.05) is 13.8 Å². The molecule has 5 heteroatoms. The van der Waals surface area contributed by atoms with Gasteiger partial charge in [-0.05, 0) is 18.3 Å². The number of hydrogen-bond acceptors (Lipinski definition) is 4. The van der Waals surface area contributed by atoms with E-state index >= 15 is 0 Å². The Hall–Kier alpha value is -1.65. The van der Waals surface area contributed by atoms with Crippen molar-refractivity contribution in [1.29, 1.82) is 0 Å². The summed E-state index contributed by atoms with van der Waals surface area (Å²) in [6, 6.07) is 1.52. The molecule has 0 saturated heterocycles. The van der Waals surface area contributed by atoms with Gasteiger partial charge in [0.2, 0.25) is 0 Å². The van der Waals surface area contributed by atoms with Gasteiger partial charge in [0.25, 0.3) is 5.56 Å². The third kappa shape index (κ3) is 1.77. The van der Waals surface area contributed by atoms with E-state index in [4.69, 9.17) is 5.84 Å². The number of rotatable bonds is 0. The SMILES string of the molecule is CC1(C)C/C(=N\N)c2cc(=O)[nH]nc2C1. The molecule has 0 saturated carbocycles. The monoisotopic (exact) mass is 206 g/mol. The molecule has 3 N–H and O–H groups in total. The van der Waals surface area contributed by atoms with Gasteiger partial charge in [-0.25, -0.2) is 5.10 Å². The van der Waals surface area contributed by atoms with E-state index < -0.39 is 0 Å². The van der Waals surface area contributed by atoms with Gasteiger partial charge in [0, 0.05) is 11.6 Å². The summed E-state index contributed by atoms with van der Waals surface area (Å²) in [4.78, 5) is 11.2. The van der Waals surface area contributed by atoms with E-state index in [-0.39, 0.29) is 11.0 Å². The highest BCUT2D eigenvalue weighted by atomic mass is 16.1. The van der Waals surface area contributed by atoms with Crippen LogP contribution in [0.1, 0.15) is 31.5 Å². The molecule has 0 atom stereocenters. The van der Waals surface area contributed by atoms with Crippen LogP contribution in [0.25, 0.3) is 0 Å². The lowest BCUT2D eigenvalue weighted by Gasteiger charge is -2.30. The van der Waals surface area contributed by atoms with Gasteiger partial charge in [0.05, 0.1) is 11.4 Å². The number of nitrogens with one attached hydrogen (secondary N) is 1. The molecule has 1 aliphatic carbocycles. The molecule has 0 bridgehead atoms. The molecule has 1 heterocycles. The van der Waals surface area contributed by atoms with Crippen molar-refractivity contribution in [2.75, 3.05) is 0 Å². The smallest absolute Gasteiger partial charge is 0.264 e. The first-order valence-electron chi connectivity index (χ1n) is 4.87. The quantitative estimate of drug-likeness (QED) is 0.476. The largest absolute Gasteiger partial charge is 0.323 e. The number of aromatic nitrogens is 2. The van der Waals surface area contributed by atoms with Crippen molar-refractivity contribution in [3.63, 3.8) is 0 Å². The van der Waals surface area contributed by atoms with Crippen LogP contribution in [0.4, 0.5) is 0 Å². The highest BCUT2D eigenvalue weighted by molar-refractivity contribution is 6.02. The van der Waals surface area contributed by atoms with Crippen LogP contribution >= 0.6 is 0 Å². The highest BCUT2D eigenvalue weighted by Crippen LogP contribution is 2.32. The van der Waals surface area contributed by atoms with Crippen LogP contribution in [-0.4, -0.2) is 15.9 Å². The van der Waals surface area contributed by atoms with Crippen molar-refractivity contribution in [2.24, 2.45) is 16.4 Å². The molecule has 0 unspecified atom stereocenters. The van der Waals surface area contributed by atoms with Gasteiger partial charge in [-0.2, -0.15) is 10.2 Å². The first kappa shape index (κ1) is 9.89. The second kappa shape index (κ2) is 3.18. The summed E-state index contributed by atoms with van der Waals surface area (Å²) in [5.74, 6) is 5.34. The summed E-state index contributed by atoms with van der Waals surface area (Å²) in [5.41, 5.74) is 2.31. The molecule has 0 aromatic carbocycles. The average molecular weight is 206 g/mol. The maximum absolute atomic E-state index is 11.2. The van der Waals surface area contributed by atoms with E-state index in [0.29, 0.717) is 0 Å². The zero-order valence-corrected chi connectivity index (χ0v) is 8.87. The van der Waals surface area contributed by atoms with Gasteiger partial charge in [-0.3, -0.25) is 4.79 Å². The molecule has 1 aliphatic rings. The van der Waals surface area contributed by atoms with Gasteiger partial charge < -0.3 is 5.84 Å². The fraction of sp³-hybridized carbons (Fsp3) is 0.500. The number of nitrogens with two attached hydrogens (primary N) is 1. The van der Waals surface area contributed by atoms with Crippen molar-refractivity contribution >= 4 is 5.71 Å². The van der Waals surface area contributed by atoms with Crippen LogP contribution in [0.3, 0.4) is 0 Å². The molecular weight excluding hydrogens is 192 g/mol. The number of aromatic amines is 1. The van der Waals surface area contributed by atoms with E-state index in [1.54, 1.807) is 0 Å². The number of nitrogens with zero attached hydrogens (tertiary/aromatic N) is 2. The molecule has 1 aromatic rings. The standard InChI is InChI=1S/C10H14N4O/c1-10(2)4-7(12-11)6-3-9(15)14-13-8(6)5-10/h3H,4-5,11H2,1-2H3,(H,14,15)/b12-7+. The first-order valence-corrected chi connectivity index (χ1v) is 4.87. The van der Waals surface area contributed by atoms with Crippen LogP contribution in [0.5, 0.6) is 0 Å². The molecule has 0 aliphatic heterocycles. The third-order valence-electron chi connectivity index (χ3n) is 2.65. The predicted octanol–water partition coefficient (Wildman–Crippen LogP) is 0.405. The van der Waals surface area contributed by atoms with Gasteiger partial charge >= 0.3 is 0 Å². The predicted molar refractivity (Wildman–Crippen MR) is 57.7 cm³/mol. The summed E-state index contributed by atoms with van der Waals surface area (Å²) < 4.78 is 0. The average Bonchev–Trinajstić information content (AvgIpc) is 2.16. The lowest BCUT2D eigenvalue weighted by atomic mass is 9.75. The molecule has 5 nitrogen and oxygen atoms in total. The maximum atomic E-state index is 11.2. The van der Waals surface area contributed by atoms with E-state index in [9.17, 15) is 4.79 Å². The number of hydrazone groups is 1. The Morgan fingerprint density at radius 1 is 1.53 bits per heavy atom. The van der Waals surface area contributed by atoms with Crippen molar-refractivity contribution in [3.05, 3.63) is 27.7 Å². The second-order valence-corrected chi connectivity index (χ2v) is 4.69. The summed E-state index contributed by atoms with van der Waals surface area (Å²) in [7, 11) is 0. The highest BCUT2D eigenvalue weighted by Gasteiger charge is 2.30. The first-order chi connectivity index (χ1) is 7.02. The Morgan fingerprint density at radius 3 is 2.93 bits per heavy atom. The van der Waals surface area contributed by atoms with Crippen LogP contribution in [0.15, 0.2) is 16.0 Å².